The van der Waals surface area contributed by atoms with Crippen LogP contribution in [0.3, 0.4) is 0 Å². The third-order valence-corrected chi connectivity index (χ3v) is 4.94. The van der Waals surface area contributed by atoms with E-state index in [2.05, 4.69) is 20.2 Å². The number of nitrogens with zero attached hydrogens (tertiary/aromatic N) is 3. The molecule has 0 spiro atoms. The first-order valence-electron chi connectivity index (χ1n) is 7.93. The van der Waals surface area contributed by atoms with Gasteiger partial charge in [-0.2, -0.15) is 0 Å². The summed E-state index contributed by atoms with van der Waals surface area (Å²) in [6.45, 7) is 7.44. The number of aromatic nitrogens is 2. The van der Waals surface area contributed by atoms with E-state index >= 15 is 0 Å². The molecule has 23 heavy (non-hydrogen) atoms. The summed E-state index contributed by atoms with van der Waals surface area (Å²) in [4.78, 5) is 22.7. The second kappa shape index (κ2) is 7.23. The topological polar surface area (TPSA) is 71.3 Å². The molecule has 0 atom stereocenters. The highest BCUT2D eigenvalue weighted by molar-refractivity contribution is 7.07. The van der Waals surface area contributed by atoms with Gasteiger partial charge in [0.05, 0.1) is 17.7 Å². The lowest BCUT2D eigenvalue weighted by atomic mass is 9.97. The van der Waals surface area contributed by atoms with Crippen molar-refractivity contribution in [2.24, 2.45) is 5.92 Å². The van der Waals surface area contributed by atoms with E-state index < -0.39 is 0 Å². The normalized spacial score (nSPS) is 16.6. The summed E-state index contributed by atoms with van der Waals surface area (Å²) in [5.74, 6) is 2.16. The van der Waals surface area contributed by atoms with Crippen molar-refractivity contribution in [3.63, 3.8) is 0 Å². The first-order chi connectivity index (χ1) is 11.1. The fourth-order valence-electron chi connectivity index (χ4n) is 2.80. The molecule has 0 bridgehead atoms. The number of hydrogen-bond acceptors (Lipinski definition) is 6. The molecule has 7 heteroatoms. The number of nitrogens with one attached hydrogen (secondary N) is 1. The van der Waals surface area contributed by atoms with Crippen LogP contribution in [0, 0.1) is 19.8 Å². The van der Waals surface area contributed by atoms with Crippen LogP contribution in [-0.2, 0) is 6.54 Å². The lowest BCUT2D eigenvalue weighted by Crippen LogP contribution is -2.38. The van der Waals surface area contributed by atoms with Crippen molar-refractivity contribution in [2.45, 2.75) is 33.2 Å². The highest BCUT2D eigenvalue weighted by atomic mass is 32.1. The van der Waals surface area contributed by atoms with Crippen molar-refractivity contribution in [3.8, 4) is 0 Å². The molecule has 3 rings (SSSR count). The zero-order valence-electron chi connectivity index (χ0n) is 13.5. The maximum Gasteiger partial charge on any atom is 0.270 e. The van der Waals surface area contributed by atoms with Crippen molar-refractivity contribution >= 4 is 17.2 Å². The van der Waals surface area contributed by atoms with E-state index in [4.69, 9.17) is 4.42 Å². The van der Waals surface area contributed by atoms with E-state index in [-0.39, 0.29) is 5.91 Å². The summed E-state index contributed by atoms with van der Waals surface area (Å²) in [6, 6.07) is 0. The van der Waals surface area contributed by atoms with Gasteiger partial charge in [0.2, 0.25) is 5.89 Å². The third-order valence-electron chi connectivity index (χ3n) is 4.36. The van der Waals surface area contributed by atoms with Gasteiger partial charge in [-0.05, 0) is 45.7 Å². The van der Waals surface area contributed by atoms with Gasteiger partial charge in [0.15, 0.2) is 0 Å². The quantitative estimate of drug-likeness (QED) is 0.909. The zero-order chi connectivity index (χ0) is 16.2. The zero-order valence-corrected chi connectivity index (χ0v) is 14.4. The molecular weight excluding hydrogens is 312 g/mol. The largest absolute Gasteiger partial charge is 0.444 e. The fourth-order valence-corrected chi connectivity index (χ4v) is 3.33. The summed E-state index contributed by atoms with van der Waals surface area (Å²) < 4.78 is 5.65. The average molecular weight is 334 g/mol. The second-order valence-electron chi connectivity index (χ2n) is 6.05. The smallest absolute Gasteiger partial charge is 0.270 e. The van der Waals surface area contributed by atoms with Gasteiger partial charge in [-0.15, -0.1) is 11.3 Å². The van der Waals surface area contributed by atoms with Crippen LogP contribution in [0.1, 0.15) is 40.7 Å². The molecule has 1 aliphatic heterocycles. The molecule has 0 saturated carbocycles. The Balaban J connectivity index is 1.41. The number of aryl methyl sites for hydroxylation is 2. The highest BCUT2D eigenvalue weighted by Gasteiger charge is 2.21. The standard InChI is InChI=1S/C16H22N4O2S/c1-11-12(2)22-15(19-11)8-20-5-3-13(4-6-20)7-17-16(21)14-9-23-10-18-14/h9-10,13H,3-8H2,1-2H3,(H,17,21). The monoisotopic (exact) mass is 334 g/mol. The summed E-state index contributed by atoms with van der Waals surface area (Å²) in [5.41, 5.74) is 3.17. The number of hydrogen-bond donors (Lipinski definition) is 1. The van der Waals surface area contributed by atoms with Gasteiger partial charge in [-0.3, -0.25) is 9.69 Å². The van der Waals surface area contributed by atoms with Crippen LogP contribution in [0.25, 0.3) is 0 Å². The van der Waals surface area contributed by atoms with Gasteiger partial charge >= 0.3 is 0 Å². The van der Waals surface area contributed by atoms with Gasteiger partial charge in [-0.1, -0.05) is 0 Å². The number of amides is 1. The van der Waals surface area contributed by atoms with Crippen LogP contribution >= 0.6 is 11.3 Å². The molecule has 1 amide bonds. The Labute approximate surface area is 139 Å². The fraction of sp³-hybridized carbons (Fsp3) is 0.562. The molecule has 0 aromatic carbocycles. The number of rotatable bonds is 5. The van der Waals surface area contributed by atoms with Crippen LogP contribution < -0.4 is 5.32 Å². The Kier molecular flexibility index (Phi) is 5.07. The molecule has 2 aromatic rings. The Hall–Kier alpha value is -1.73. The number of carbonyl (C=O) groups excluding carboxylic acids is 1. The number of carbonyl (C=O) groups is 1. The molecular formula is C16H22N4O2S. The summed E-state index contributed by atoms with van der Waals surface area (Å²) >= 11 is 1.44. The van der Waals surface area contributed by atoms with E-state index in [0.717, 1.165) is 56.4 Å². The lowest BCUT2D eigenvalue weighted by Gasteiger charge is -2.31. The summed E-state index contributed by atoms with van der Waals surface area (Å²) in [6.07, 6.45) is 2.16. The van der Waals surface area contributed by atoms with Gasteiger partial charge in [-0.25, -0.2) is 9.97 Å². The van der Waals surface area contributed by atoms with Gasteiger partial charge < -0.3 is 9.73 Å². The third kappa shape index (κ3) is 4.17. The molecule has 1 saturated heterocycles. The van der Waals surface area contributed by atoms with Crippen molar-refractivity contribution in [1.82, 2.24) is 20.2 Å². The first kappa shape index (κ1) is 16.1. The molecule has 124 valence electrons. The van der Waals surface area contributed by atoms with Crippen LogP contribution in [0.15, 0.2) is 15.3 Å². The molecule has 6 nitrogen and oxygen atoms in total. The van der Waals surface area contributed by atoms with Gasteiger partial charge in [0, 0.05) is 11.9 Å². The number of thiazole rings is 1. The van der Waals surface area contributed by atoms with Gasteiger partial charge in [0.1, 0.15) is 11.5 Å². The second-order valence-corrected chi connectivity index (χ2v) is 6.77. The Morgan fingerprint density at radius 3 is 2.83 bits per heavy atom. The van der Waals surface area contributed by atoms with E-state index in [0.29, 0.717) is 11.6 Å². The SMILES string of the molecule is Cc1nc(CN2CCC(CNC(=O)c3cscn3)CC2)oc1C. The minimum atomic E-state index is -0.0700. The van der Waals surface area contributed by atoms with Crippen LogP contribution in [0.2, 0.25) is 0 Å². The molecule has 3 heterocycles. The van der Waals surface area contributed by atoms with E-state index in [1.807, 2.05) is 13.8 Å². The van der Waals surface area contributed by atoms with E-state index in [9.17, 15) is 4.79 Å². The minimum absolute atomic E-state index is 0.0700. The number of piperidine rings is 1. The molecule has 0 aliphatic carbocycles. The average Bonchev–Trinajstić information content (AvgIpc) is 3.17. The lowest BCUT2D eigenvalue weighted by molar-refractivity contribution is 0.0929. The molecule has 0 unspecified atom stereocenters. The molecule has 2 aromatic heterocycles. The first-order valence-corrected chi connectivity index (χ1v) is 8.87. The molecule has 1 N–H and O–H groups in total. The Morgan fingerprint density at radius 1 is 1.43 bits per heavy atom. The maximum absolute atomic E-state index is 11.9. The van der Waals surface area contributed by atoms with E-state index in [1.54, 1.807) is 10.9 Å². The summed E-state index contributed by atoms with van der Waals surface area (Å²) in [7, 11) is 0. The van der Waals surface area contributed by atoms with Crippen molar-refractivity contribution in [1.29, 1.82) is 0 Å². The molecule has 1 fully saturated rings. The van der Waals surface area contributed by atoms with Crippen molar-refractivity contribution in [2.75, 3.05) is 19.6 Å². The van der Waals surface area contributed by atoms with Crippen LogP contribution in [0.5, 0.6) is 0 Å². The molecule has 0 radical (unpaired) electrons. The van der Waals surface area contributed by atoms with Gasteiger partial charge in [0.25, 0.3) is 5.91 Å². The number of likely N-dealkylation sites (tertiary alicyclic amines) is 1. The van der Waals surface area contributed by atoms with Crippen molar-refractivity contribution in [3.05, 3.63) is 33.9 Å². The predicted octanol–water partition coefficient (Wildman–Crippen LogP) is 2.39. The summed E-state index contributed by atoms with van der Waals surface area (Å²) in [5, 5.41) is 4.76. The molecule has 1 aliphatic rings. The van der Waals surface area contributed by atoms with Crippen molar-refractivity contribution < 1.29 is 9.21 Å². The Bertz CT molecular complexity index is 626. The maximum atomic E-state index is 11.9. The highest BCUT2D eigenvalue weighted by Crippen LogP contribution is 2.19. The Morgan fingerprint density at radius 2 is 2.22 bits per heavy atom. The predicted molar refractivity (Wildman–Crippen MR) is 88.4 cm³/mol. The van der Waals surface area contributed by atoms with E-state index in [1.165, 1.54) is 11.3 Å². The van der Waals surface area contributed by atoms with Crippen LogP contribution in [0.4, 0.5) is 0 Å². The minimum Gasteiger partial charge on any atom is -0.444 e. The van der Waals surface area contributed by atoms with Crippen LogP contribution in [-0.4, -0.2) is 40.4 Å². The number of oxazole rings is 1.